The minimum Gasteiger partial charge on any atom is -0.444 e. The number of nitrogens with one attached hydrogen (secondary N) is 1. The summed E-state index contributed by atoms with van der Waals surface area (Å²) in [5.74, 6) is -0.123. The summed E-state index contributed by atoms with van der Waals surface area (Å²) in [7, 11) is 2.01. The van der Waals surface area contributed by atoms with Gasteiger partial charge in [-0.15, -0.1) is 0 Å². The van der Waals surface area contributed by atoms with Crippen LogP contribution in [0.2, 0.25) is 0 Å². The Labute approximate surface area is 114 Å². The van der Waals surface area contributed by atoms with Gasteiger partial charge in [-0.1, -0.05) is 0 Å². The molecule has 0 bridgehead atoms. The average Bonchev–Trinajstić information content (AvgIpc) is 2.79. The molecule has 6 heteroatoms. The van der Waals surface area contributed by atoms with E-state index in [2.05, 4.69) is 32.2 Å². The zero-order valence-electron chi connectivity index (χ0n) is 10.1. The molecule has 1 amide bonds. The topological polar surface area (TPSA) is 69.3 Å². The first-order chi connectivity index (χ1) is 8.54. The SMILES string of the molecule is CN1CCC(C#N)(NC(=O)c2ccc(Br)o2)CC1. The van der Waals surface area contributed by atoms with Crippen LogP contribution in [0.4, 0.5) is 0 Å². The zero-order chi connectivity index (χ0) is 13.2. The third kappa shape index (κ3) is 2.74. The minimum atomic E-state index is -0.775. The van der Waals surface area contributed by atoms with Gasteiger partial charge >= 0.3 is 0 Å². The predicted molar refractivity (Wildman–Crippen MR) is 68.9 cm³/mol. The molecule has 0 aromatic carbocycles. The van der Waals surface area contributed by atoms with Crippen molar-refractivity contribution in [2.75, 3.05) is 20.1 Å². The Kier molecular flexibility index (Phi) is 3.73. The number of nitriles is 1. The first-order valence-corrected chi connectivity index (χ1v) is 6.52. The van der Waals surface area contributed by atoms with Crippen LogP contribution >= 0.6 is 15.9 Å². The Hall–Kier alpha value is -1.32. The molecule has 0 saturated carbocycles. The van der Waals surface area contributed by atoms with Crippen molar-refractivity contribution in [2.24, 2.45) is 0 Å². The lowest BCUT2D eigenvalue weighted by Crippen LogP contribution is -2.53. The molecular weight excluding hydrogens is 298 g/mol. The van der Waals surface area contributed by atoms with Crippen LogP contribution in [0.25, 0.3) is 0 Å². The number of carbonyl (C=O) groups is 1. The lowest BCUT2D eigenvalue weighted by Gasteiger charge is -2.35. The Bertz CT molecular complexity index is 484. The van der Waals surface area contributed by atoms with Gasteiger partial charge in [-0.05, 0) is 48.0 Å². The summed E-state index contributed by atoms with van der Waals surface area (Å²) in [6.07, 6.45) is 1.27. The Morgan fingerprint density at radius 3 is 2.72 bits per heavy atom. The van der Waals surface area contributed by atoms with Crippen molar-refractivity contribution in [3.05, 3.63) is 22.6 Å². The fourth-order valence-corrected chi connectivity index (χ4v) is 2.29. The van der Waals surface area contributed by atoms with Gasteiger partial charge in [-0.25, -0.2) is 0 Å². The highest BCUT2D eigenvalue weighted by Crippen LogP contribution is 2.22. The van der Waals surface area contributed by atoms with E-state index in [9.17, 15) is 10.1 Å². The number of halogens is 1. The van der Waals surface area contributed by atoms with Gasteiger partial charge in [0.25, 0.3) is 5.91 Å². The van der Waals surface area contributed by atoms with E-state index >= 15 is 0 Å². The molecule has 1 N–H and O–H groups in total. The van der Waals surface area contributed by atoms with Crippen LogP contribution in [0.1, 0.15) is 23.4 Å². The second-order valence-corrected chi connectivity index (χ2v) is 5.34. The fraction of sp³-hybridized carbons (Fsp3) is 0.500. The molecule has 2 rings (SSSR count). The van der Waals surface area contributed by atoms with Crippen LogP contribution < -0.4 is 5.32 Å². The van der Waals surface area contributed by atoms with E-state index in [1.54, 1.807) is 12.1 Å². The van der Waals surface area contributed by atoms with Crippen LogP contribution in [0.5, 0.6) is 0 Å². The monoisotopic (exact) mass is 311 g/mol. The summed E-state index contributed by atoms with van der Waals surface area (Å²) in [4.78, 5) is 14.1. The first-order valence-electron chi connectivity index (χ1n) is 5.72. The highest BCUT2D eigenvalue weighted by atomic mass is 79.9. The molecule has 18 heavy (non-hydrogen) atoms. The standard InChI is InChI=1S/C12H14BrN3O2/c1-16-6-4-12(8-14,5-7-16)15-11(17)9-2-3-10(13)18-9/h2-3H,4-7H2,1H3,(H,15,17). The summed E-state index contributed by atoms with van der Waals surface area (Å²) in [5, 5.41) is 12.1. The fourth-order valence-electron chi connectivity index (χ4n) is 1.98. The van der Waals surface area contributed by atoms with Crippen LogP contribution in [-0.4, -0.2) is 36.5 Å². The summed E-state index contributed by atoms with van der Waals surface area (Å²) in [6, 6.07) is 5.47. The number of carbonyl (C=O) groups excluding carboxylic acids is 1. The van der Waals surface area contributed by atoms with E-state index in [0.717, 1.165) is 13.1 Å². The van der Waals surface area contributed by atoms with E-state index in [1.165, 1.54) is 0 Å². The van der Waals surface area contributed by atoms with Gasteiger partial charge in [0.2, 0.25) is 0 Å². The molecule has 0 aliphatic carbocycles. The molecule has 5 nitrogen and oxygen atoms in total. The normalized spacial score (nSPS) is 19.2. The van der Waals surface area contributed by atoms with Crippen LogP contribution in [0, 0.1) is 11.3 Å². The highest BCUT2D eigenvalue weighted by Gasteiger charge is 2.36. The maximum Gasteiger partial charge on any atom is 0.288 e. The van der Waals surface area contributed by atoms with Crippen LogP contribution in [0.15, 0.2) is 21.2 Å². The molecule has 0 radical (unpaired) electrons. The van der Waals surface area contributed by atoms with E-state index < -0.39 is 5.54 Å². The average molecular weight is 312 g/mol. The van der Waals surface area contributed by atoms with Crippen molar-refractivity contribution in [1.82, 2.24) is 10.2 Å². The maximum atomic E-state index is 12.0. The van der Waals surface area contributed by atoms with Gasteiger partial charge in [0, 0.05) is 13.1 Å². The molecule has 1 aliphatic heterocycles. The molecule has 1 fully saturated rings. The van der Waals surface area contributed by atoms with Crippen molar-refractivity contribution in [1.29, 1.82) is 5.26 Å². The number of piperidine rings is 1. The number of amides is 1. The van der Waals surface area contributed by atoms with Crippen molar-refractivity contribution >= 4 is 21.8 Å². The van der Waals surface area contributed by atoms with Gasteiger partial charge in [-0.2, -0.15) is 5.26 Å². The first kappa shape index (κ1) is 13.1. The van der Waals surface area contributed by atoms with Crippen LogP contribution in [-0.2, 0) is 0 Å². The maximum absolute atomic E-state index is 12.0. The number of nitrogens with zero attached hydrogens (tertiary/aromatic N) is 2. The third-order valence-electron chi connectivity index (χ3n) is 3.20. The molecule has 0 unspecified atom stereocenters. The van der Waals surface area contributed by atoms with Crippen molar-refractivity contribution in [2.45, 2.75) is 18.4 Å². The molecule has 0 spiro atoms. The quantitative estimate of drug-likeness (QED) is 0.903. The molecule has 1 aliphatic rings. The largest absolute Gasteiger partial charge is 0.444 e. The molecule has 1 aromatic rings. The summed E-state index contributed by atoms with van der Waals surface area (Å²) < 4.78 is 5.68. The van der Waals surface area contributed by atoms with Gasteiger partial charge in [0.15, 0.2) is 10.4 Å². The van der Waals surface area contributed by atoms with Gasteiger partial charge in [0.1, 0.15) is 5.54 Å². The van der Waals surface area contributed by atoms with Crippen molar-refractivity contribution in [3.8, 4) is 6.07 Å². The van der Waals surface area contributed by atoms with E-state index in [1.807, 2.05) is 7.05 Å². The second-order valence-electron chi connectivity index (χ2n) is 4.56. The Balaban J connectivity index is 2.07. The van der Waals surface area contributed by atoms with E-state index in [0.29, 0.717) is 17.5 Å². The molecule has 0 atom stereocenters. The lowest BCUT2D eigenvalue weighted by molar-refractivity contribution is 0.0852. The van der Waals surface area contributed by atoms with Crippen molar-refractivity contribution in [3.63, 3.8) is 0 Å². The second kappa shape index (κ2) is 5.12. The molecule has 1 saturated heterocycles. The Morgan fingerprint density at radius 1 is 1.56 bits per heavy atom. The number of rotatable bonds is 2. The van der Waals surface area contributed by atoms with Gasteiger partial charge in [-0.3, -0.25) is 4.79 Å². The molecule has 2 heterocycles. The lowest BCUT2D eigenvalue weighted by atomic mass is 9.89. The number of likely N-dealkylation sites (tertiary alicyclic amines) is 1. The molecular formula is C12H14BrN3O2. The highest BCUT2D eigenvalue weighted by molar-refractivity contribution is 9.10. The van der Waals surface area contributed by atoms with Crippen LogP contribution in [0.3, 0.4) is 0 Å². The number of furan rings is 1. The molecule has 96 valence electrons. The van der Waals surface area contributed by atoms with Crippen molar-refractivity contribution < 1.29 is 9.21 Å². The number of hydrogen-bond acceptors (Lipinski definition) is 4. The third-order valence-corrected chi connectivity index (χ3v) is 3.63. The summed E-state index contributed by atoms with van der Waals surface area (Å²) in [5.41, 5.74) is -0.775. The smallest absolute Gasteiger partial charge is 0.288 e. The predicted octanol–water partition coefficient (Wildman–Crippen LogP) is 1.76. The minimum absolute atomic E-state index is 0.218. The number of hydrogen-bond donors (Lipinski definition) is 1. The van der Waals surface area contributed by atoms with E-state index in [4.69, 9.17) is 4.42 Å². The zero-order valence-corrected chi connectivity index (χ0v) is 11.7. The van der Waals surface area contributed by atoms with Gasteiger partial charge < -0.3 is 14.6 Å². The van der Waals surface area contributed by atoms with E-state index in [-0.39, 0.29) is 11.7 Å². The summed E-state index contributed by atoms with van der Waals surface area (Å²) >= 11 is 3.15. The Morgan fingerprint density at radius 2 is 2.22 bits per heavy atom. The molecule has 1 aromatic heterocycles. The van der Waals surface area contributed by atoms with Gasteiger partial charge in [0.05, 0.1) is 6.07 Å². The summed E-state index contributed by atoms with van der Waals surface area (Å²) in [6.45, 7) is 1.60.